The third-order valence-corrected chi connectivity index (χ3v) is 7.22. The Labute approximate surface area is 219 Å². The number of thioether (sulfide) groups is 1. The van der Waals surface area contributed by atoms with Crippen LogP contribution in [0.4, 0.5) is 0 Å². The minimum Gasteiger partial charge on any atom is -0.806 e. The third-order valence-electron chi connectivity index (χ3n) is 3.96. The van der Waals surface area contributed by atoms with Crippen LogP contribution in [0.15, 0.2) is 28.5 Å². The summed E-state index contributed by atoms with van der Waals surface area (Å²) < 4.78 is 16.5. The number of amides is 2. The molecule has 0 unspecified atom stereocenters. The van der Waals surface area contributed by atoms with E-state index in [-0.39, 0.29) is 89.4 Å². The molecule has 1 N–H and O–H groups in total. The van der Waals surface area contributed by atoms with Crippen LogP contribution in [-0.2, 0) is 30.1 Å². The summed E-state index contributed by atoms with van der Waals surface area (Å²) in [5.74, 6) is -1.56. The number of thiophene rings is 1. The van der Waals surface area contributed by atoms with Gasteiger partial charge >= 0.3 is 65.1 Å². The van der Waals surface area contributed by atoms with Crippen LogP contribution in [-0.4, -0.2) is 46.5 Å². The summed E-state index contributed by atoms with van der Waals surface area (Å²) >= 11 is 2.61. The minimum absolute atomic E-state index is 0. The van der Waals surface area contributed by atoms with Crippen LogP contribution in [0.1, 0.15) is 11.8 Å². The molecule has 0 bridgehead atoms. The molecular formula is C15H15N2Na2O7PS2. The Hall–Kier alpha value is 0.350. The summed E-state index contributed by atoms with van der Waals surface area (Å²) in [6.45, 7) is 0.777. The number of β-lactam (4-membered cyclic amide) rings is 1. The first-order valence-corrected chi connectivity index (χ1v) is 11.3. The molecule has 0 aromatic carbocycles. The average Bonchev–Trinajstić information content (AvgIpc) is 3.08. The zero-order valence-electron chi connectivity index (χ0n) is 16.1. The van der Waals surface area contributed by atoms with Crippen molar-refractivity contribution < 1.29 is 92.6 Å². The second-order valence-electron chi connectivity index (χ2n) is 5.92. The molecule has 0 saturated carbocycles. The van der Waals surface area contributed by atoms with Crippen LogP contribution in [0.2, 0.25) is 0 Å². The van der Waals surface area contributed by atoms with E-state index in [0.717, 1.165) is 16.7 Å². The molecule has 0 aliphatic carbocycles. The Morgan fingerprint density at radius 2 is 2.07 bits per heavy atom. The van der Waals surface area contributed by atoms with Crippen molar-refractivity contribution in [3.8, 4) is 0 Å². The molecule has 2 amide bonds. The van der Waals surface area contributed by atoms with Gasteiger partial charge in [-0.3, -0.25) is 19.3 Å². The maximum Gasteiger partial charge on any atom is 1.00 e. The number of nitrogens with zero attached hydrogens (tertiary/aromatic N) is 1. The second kappa shape index (κ2) is 11.3. The molecule has 0 spiro atoms. The molecule has 29 heavy (non-hydrogen) atoms. The van der Waals surface area contributed by atoms with Gasteiger partial charge in [-0.05, 0) is 19.0 Å². The van der Waals surface area contributed by atoms with Crippen LogP contribution in [0.3, 0.4) is 0 Å². The van der Waals surface area contributed by atoms with Crippen molar-refractivity contribution in [3.05, 3.63) is 33.4 Å². The predicted octanol–water partition coefficient (Wildman–Crippen LogP) is -6.61. The smallest absolute Gasteiger partial charge is 0.806 e. The van der Waals surface area contributed by atoms with Crippen LogP contribution < -0.4 is 74.2 Å². The van der Waals surface area contributed by atoms with Crippen molar-refractivity contribution in [2.45, 2.75) is 24.8 Å². The molecule has 1 saturated heterocycles. The van der Waals surface area contributed by atoms with Crippen LogP contribution in [0, 0.1) is 0 Å². The number of nitrogens with one attached hydrogen (secondary N) is 1. The van der Waals surface area contributed by atoms with Gasteiger partial charge in [0, 0.05) is 23.1 Å². The quantitative estimate of drug-likeness (QED) is 0.185. The Morgan fingerprint density at radius 3 is 2.62 bits per heavy atom. The SMILES string of the molecule is CC(=O)OCC1=C(P(=O)([O-])[O-])N2C(=O)[C@@H](NC(=O)Cc3cccs3)[C@@H]2SC1.[Na+].[Na+]. The minimum atomic E-state index is -5.27. The Bertz CT molecular complexity index is 859. The molecule has 3 rings (SSSR count). The van der Waals surface area contributed by atoms with Gasteiger partial charge in [-0.2, -0.15) is 0 Å². The number of fused-ring (bicyclic) bond motifs is 1. The fourth-order valence-electron chi connectivity index (χ4n) is 2.83. The van der Waals surface area contributed by atoms with Gasteiger partial charge in [0.15, 0.2) is 0 Å². The Kier molecular flexibility index (Phi) is 10.7. The molecule has 146 valence electrons. The number of ether oxygens (including phenoxy) is 1. The number of carbonyl (C=O) groups excluding carboxylic acids is 3. The molecule has 0 radical (unpaired) electrons. The molecule has 2 aliphatic rings. The first kappa shape index (κ1) is 27.4. The monoisotopic (exact) mass is 476 g/mol. The molecular weight excluding hydrogens is 461 g/mol. The van der Waals surface area contributed by atoms with Crippen molar-refractivity contribution >= 4 is 48.5 Å². The van der Waals surface area contributed by atoms with E-state index < -0.39 is 36.3 Å². The van der Waals surface area contributed by atoms with Gasteiger partial charge in [0.25, 0.3) is 5.91 Å². The van der Waals surface area contributed by atoms with E-state index in [1.54, 1.807) is 6.07 Å². The zero-order chi connectivity index (χ0) is 19.8. The summed E-state index contributed by atoms with van der Waals surface area (Å²) in [7, 11) is -5.27. The van der Waals surface area contributed by atoms with Crippen molar-refractivity contribution in [3.63, 3.8) is 0 Å². The molecule has 1 fully saturated rings. The fourth-order valence-corrected chi connectivity index (χ4v) is 6.06. The zero-order valence-corrected chi connectivity index (χ0v) is 22.6. The molecule has 14 heteroatoms. The van der Waals surface area contributed by atoms with Gasteiger partial charge in [-0.25, -0.2) is 0 Å². The Morgan fingerprint density at radius 1 is 1.38 bits per heavy atom. The normalized spacial score (nSPS) is 20.7. The predicted molar refractivity (Wildman–Crippen MR) is 94.3 cm³/mol. The molecule has 9 nitrogen and oxygen atoms in total. The van der Waals surface area contributed by atoms with E-state index in [2.05, 4.69) is 5.32 Å². The van der Waals surface area contributed by atoms with Gasteiger partial charge in [-0.1, -0.05) is 6.07 Å². The fraction of sp³-hybridized carbons (Fsp3) is 0.400. The molecule has 3 heterocycles. The number of esters is 1. The summed E-state index contributed by atoms with van der Waals surface area (Å²) in [6.07, 6.45) is 0.112. The number of rotatable bonds is 6. The van der Waals surface area contributed by atoms with Gasteiger partial charge < -0.3 is 24.4 Å². The summed E-state index contributed by atoms with van der Waals surface area (Å²) in [6, 6.07) is 2.70. The number of carbonyl (C=O) groups is 3. The molecule has 2 atom stereocenters. The molecule has 1 aromatic heterocycles. The first-order valence-electron chi connectivity index (χ1n) is 7.83. The summed E-state index contributed by atoms with van der Waals surface area (Å²) in [4.78, 5) is 60.6. The molecule has 1 aromatic rings. The average molecular weight is 476 g/mol. The van der Waals surface area contributed by atoms with E-state index in [1.165, 1.54) is 23.1 Å². The van der Waals surface area contributed by atoms with Crippen LogP contribution in [0.5, 0.6) is 0 Å². The maximum atomic E-state index is 12.4. The van der Waals surface area contributed by atoms with E-state index in [0.29, 0.717) is 0 Å². The standard InChI is InChI=1S/C15H17N2O7PS2.2Na/c1-8(18)24-6-9-7-27-15-12(13(20)17(15)14(9)25(21,22)23)16-11(19)5-10-3-2-4-26-10;;/h2-4,12,15H,5-7H2,1H3,(H,16,19)(H2,21,22,23);;/q;2*+1/p-2/t12-,15+;;/m1../s1. The largest absolute Gasteiger partial charge is 1.00 e. The topological polar surface area (TPSA) is 139 Å². The van der Waals surface area contributed by atoms with E-state index >= 15 is 0 Å². The van der Waals surface area contributed by atoms with Crippen molar-refractivity contribution in [1.82, 2.24) is 10.2 Å². The molecule has 2 aliphatic heterocycles. The van der Waals surface area contributed by atoms with E-state index in [1.807, 2.05) is 11.4 Å². The summed E-state index contributed by atoms with van der Waals surface area (Å²) in [5.41, 5.74) is -0.585. The number of hydrogen-bond donors (Lipinski definition) is 1. The second-order valence-corrected chi connectivity index (χ2v) is 9.47. The number of hydrogen-bond acceptors (Lipinski definition) is 9. The maximum absolute atomic E-state index is 12.4. The van der Waals surface area contributed by atoms with Crippen molar-refractivity contribution in [2.75, 3.05) is 12.4 Å². The summed E-state index contributed by atoms with van der Waals surface area (Å²) in [5, 5.41) is 3.74. The van der Waals surface area contributed by atoms with Crippen molar-refractivity contribution in [2.24, 2.45) is 0 Å². The third kappa shape index (κ3) is 6.43. The van der Waals surface area contributed by atoms with Gasteiger partial charge in [0.2, 0.25) is 5.91 Å². The van der Waals surface area contributed by atoms with Crippen LogP contribution >= 0.6 is 30.7 Å². The van der Waals surface area contributed by atoms with E-state index in [9.17, 15) is 28.7 Å². The van der Waals surface area contributed by atoms with Gasteiger partial charge in [-0.15, -0.1) is 23.1 Å². The first-order chi connectivity index (χ1) is 12.7. The van der Waals surface area contributed by atoms with Gasteiger partial charge in [0.1, 0.15) is 18.0 Å². The van der Waals surface area contributed by atoms with Crippen LogP contribution in [0.25, 0.3) is 0 Å². The Balaban J connectivity index is 0.00000210. The van der Waals surface area contributed by atoms with Gasteiger partial charge in [0.05, 0.1) is 11.9 Å². The van der Waals surface area contributed by atoms with Crippen molar-refractivity contribution in [1.29, 1.82) is 0 Å². The van der Waals surface area contributed by atoms with E-state index in [4.69, 9.17) is 4.74 Å².